The first kappa shape index (κ1) is 23.6. The van der Waals surface area contributed by atoms with Crippen molar-refractivity contribution in [1.29, 1.82) is 0 Å². The van der Waals surface area contributed by atoms with Crippen molar-refractivity contribution in [3.63, 3.8) is 0 Å². The molecule has 3 aliphatic rings. The number of ether oxygens (including phenoxy) is 2. The predicted molar refractivity (Wildman–Crippen MR) is 129 cm³/mol. The van der Waals surface area contributed by atoms with E-state index in [0.717, 1.165) is 24.2 Å². The van der Waals surface area contributed by atoms with Crippen LogP contribution in [0.2, 0.25) is 0 Å². The van der Waals surface area contributed by atoms with E-state index in [0.29, 0.717) is 50.5 Å². The Morgan fingerprint density at radius 3 is 2.37 bits per heavy atom. The summed E-state index contributed by atoms with van der Waals surface area (Å²) in [5.41, 5.74) is 1.83. The van der Waals surface area contributed by atoms with Gasteiger partial charge in [0.15, 0.2) is 11.5 Å². The van der Waals surface area contributed by atoms with Gasteiger partial charge in [-0.3, -0.25) is 9.59 Å². The highest BCUT2D eigenvalue weighted by Crippen LogP contribution is 2.34. The molecule has 0 saturated carbocycles. The van der Waals surface area contributed by atoms with Crippen LogP contribution in [0.3, 0.4) is 0 Å². The summed E-state index contributed by atoms with van der Waals surface area (Å²) in [6.45, 7) is 2.54. The van der Waals surface area contributed by atoms with Crippen LogP contribution in [0.25, 0.3) is 0 Å². The van der Waals surface area contributed by atoms with Crippen LogP contribution in [0.5, 0.6) is 11.5 Å². The fourth-order valence-corrected chi connectivity index (χ4v) is 6.23. The predicted octanol–water partition coefficient (Wildman–Crippen LogP) is 2.30. The quantitative estimate of drug-likeness (QED) is 0.654. The lowest BCUT2D eigenvalue weighted by atomic mass is 9.97. The smallest absolute Gasteiger partial charge is 0.243 e. The van der Waals surface area contributed by atoms with Gasteiger partial charge in [-0.05, 0) is 49.1 Å². The first-order chi connectivity index (χ1) is 16.9. The van der Waals surface area contributed by atoms with Crippen LogP contribution in [0.1, 0.15) is 31.2 Å². The van der Waals surface area contributed by atoms with Gasteiger partial charge in [-0.25, -0.2) is 8.42 Å². The minimum Gasteiger partial charge on any atom is -0.486 e. The molecule has 3 aliphatic heterocycles. The van der Waals surface area contributed by atoms with E-state index in [4.69, 9.17) is 9.47 Å². The number of rotatable bonds is 6. The van der Waals surface area contributed by atoms with E-state index in [1.807, 2.05) is 24.3 Å². The second-order valence-electron chi connectivity index (χ2n) is 9.02. The summed E-state index contributed by atoms with van der Waals surface area (Å²) in [6.07, 6.45) is 2.40. The number of anilines is 1. The van der Waals surface area contributed by atoms with Crippen molar-refractivity contribution in [2.24, 2.45) is 5.92 Å². The molecule has 0 atom stereocenters. The molecule has 2 aromatic rings. The third kappa shape index (κ3) is 4.99. The molecule has 2 fully saturated rings. The van der Waals surface area contributed by atoms with Crippen LogP contribution < -0.4 is 19.7 Å². The molecule has 10 heteroatoms. The van der Waals surface area contributed by atoms with Crippen LogP contribution in [0.4, 0.5) is 5.69 Å². The van der Waals surface area contributed by atoms with Crippen LogP contribution in [-0.4, -0.2) is 57.4 Å². The Morgan fingerprint density at radius 2 is 1.69 bits per heavy atom. The number of fused-ring (bicyclic) bond motifs is 1. The molecule has 0 radical (unpaired) electrons. The molecule has 0 unspecified atom stereocenters. The van der Waals surface area contributed by atoms with Gasteiger partial charge in [0.2, 0.25) is 21.8 Å². The number of hydrogen-bond acceptors (Lipinski definition) is 6. The van der Waals surface area contributed by atoms with Crippen molar-refractivity contribution in [2.75, 3.05) is 37.7 Å². The van der Waals surface area contributed by atoms with Gasteiger partial charge in [-0.15, -0.1) is 0 Å². The number of amides is 2. The summed E-state index contributed by atoms with van der Waals surface area (Å²) in [6, 6.07) is 12.3. The lowest BCUT2D eigenvalue weighted by Crippen LogP contribution is -2.42. The van der Waals surface area contributed by atoms with E-state index in [2.05, 4.69) is 5.32 Å². The molecule has 0 spiro atoms. The number of piperidine rings is 1. The lowest BCUT2D eigenvalue weighted by molar-refractivity contribution is -0.126. The van der Waals surface area contributed by atoms with E-state index in [1.54, 1.807) is 11.0 Å². The van der Waals surface area contributed by atoms with Crippen LogP contribution in [-0.2, 0) is 26.2 Å². The highest BCUT2D eigenvalue weighted by atomic mass is 32.2. The van der Waals surface area contributed by atoms with Gasteiger partial charge < -0.3 is 19.7 Å². The Morgan fingerprint density at radius 1 is 0.971 bits per heavy atom. The minimum atomic E-state index is -3.68. The Hall–Kier alpha value is -3.11. The molecule has 3 heterocycles. The molecular weight excluding hydrogens is 470 g/mol. The molecule has 0 aliphatic carbocycles. The fraction of sp³-hybridized carbons (Fsp3) is 0.440. The zero-order chi connectivity index (χ0) is 24.4. The van der Waals surface area contributed by atoms with Crippen molar-refractivity contribution in [3.05, 3.63) is 48.0 Å². The second-order valence-corrected chi connectivity index (χ2v) is 11.0. The van der Waals surface area contributed by atoms with Gasteiger partial charge in [0.1, 0.15) is 13.2 Å². The van der Waals surface area contributed by atoms with E-state index in [9.17, 15) is 18.0 Å². The largest absolute Gasteiger partial charge is 0.486 e. The normalized spacial score (nSPS) is 19.1. The molecular formula is C25H29N3O6S. The Balaban J connectivity index is 1.13. The lowest BCUT2D eigenvalue weighted by Gasteiger charge is -2.31. The fourth-order valence-electron chi connectivity index (χ4n) is 4.74. The van der Waals surface area contributed by atoms with E-state index < -0.39 is 10.0 Å². The average Bonchev–Trinajstić information content (AvgIpc) is 3.33. The van der Waals surface area contributed by atoms with Crippen molar-refractivity contribution < 1.29 is 27.5 Å². The molecule has 0 bridgehead atoms. The Bertz CT molecular complexity index is 1210. The van der Waals surface area contributed by atoms with Crippen molar-refractivity contribution in [3.8, 4) is 11.5 Å². The number of hydrogen-bond donors (Lipinski definition) is 1. The number of carbonyl (C=O) groups excluding carboxylic acids is 2. The van der Waals surface area contributed by atoms with Gasteiger partial charge in [-0.2, -0.15) is 4.31 Å². The monoisotopic (exact) mass is 499 g/mol. The molecule has 1 N–H and O–H groups in total. The zero-order valence-electron chi connectivity index (χ0n) is 19.4. The van der Waals surface area contributed by atoms with E-state index >= 15 is 0 Å². The molecule has 2 aromatic carbocycles. The average molecular weight is 500 g/mol. The highest BCUT2D eigenvalue weighted by Gasteiger charge is 2.33. The standard InChI is InChI=1S/C25H29N3O6S/c29-24-2-1-11-28(24)20-5-3-18(4-6-20)17-26-25(30)19-9-12-27(13-10-19)35(31,32)21-7-8-22-23(16-21)34-15-14-33-22/h3-8,16,19H,1-2,9-15,17H2,(H,26,30). The number of nitrogens with zero attached hydrogens (tertiary/aromatic N) is 2. The minimum absolute atomic E-state index is 0.0693. The zero-order valence-corrected chi connectivity index (χ0v) is 20.3. The van der Waals surface area contributed by atoms with Crippen LogP contribution in [0.15, 0.2) is 47.4 Å². The SMILES string of the molecule is O=C(NCc1ccc(N2CCCC2=O)cc1)C1CCN(S(=O)(=O)c2ccc3c(c2)OCCO3)CC1. The number of carbonyl (C=O) groups is 2. The topological polar surface area (TPSA) is 105 Å². The number of nitrogens with one attached hydrogen (secondary N) is 1. The summed E-state index contributed by atoms with van der Waals surface area (Å²) in [4.78, 5) is 26.6. The van der Waals surface area contributed by atoms with Crippen molar-refractivity contribution >= 4 is 27.5 Å². The Kier molecular flexibility index (Phi) is 6.66. The first-order valence-electron chi connectivity index (χ1n) is 12.0. The molecule has 35 heavy (non-hydrogen) atoms. The number of benzene rings is 2. The third-order valence-electron chi connectivity index (χ3n) is 6.76. The van der Waals surface area contributed by atoms with Gasteiger partial charge in [0.25, 0.3) is 0 Å². The van der Waals surface area contributed by atoms with E-state index in [-0.39, 0.29) is 35.7 Å². The van der Waals surface area contributed by atoms with E-state index in [1.165, 1.54) is 16.4 Å². The summed E-state index contributed by atoms with van der Waals surface area (Å²) in [7, 11) is -3.68. The molecule has 5 rings (SSSR count). The molecule has 2 saturated heterocycles. The van der Waals surface area contributed by atoms with Crippen molar-refractivity contribution in [2.45, 2.75) is 37.1 Å². The summed E-state index contributed by atoms with van der Waals surface area (Å²) < 4.78 is 38.6. The highest BCUT2D eigenvalue weighted by molar-refractivity contribution is 7.89. The second kappa shape index (κ2) is 9.87. The molecule has 2 amide bonds. The molecule has 0 aromatic heterocycles. The maximum absolute atomic E-state index is 13.1. The van der Waals surface area contributed by atoms with Crippen LogP contribution in [0, 0.1) is 5.92 Å². The van der Waals surface area contributed by atoms with Gasteiger partial charge in [0.05, 0.1) is 4.90 Å². The number of sulfonamides is 1. The van der Waals surface area contributed by atoms with Gasteiger partial charge in [0, 0.05) is 50.3 Å². The summed E-state index contributed by atoms with van der Waals surface area (Å²) in [5.74, 6) is 0.827. The molecule has 9 nitrogen and oxygen atoms in total. The maximum atomic E-state index is 13.1. The van der Waals surface area contributed by atoms with Crippen LogP contribution >= 0.6 is 0 Å². The third-order valence-corrected chi connectivity index (χ3v) is 8.66. The molecule has 186 valence electrons. The van der Waals surface area contributed by atoms with Crippen molar-refractivity contribution in [1.82, 2.24) is 9.62 Å². The summed E-state index contributed by atoms with van der Waals surface area (Å²) in [5, 5.41) is 2.97. The maximum Gasteiger partial charge on any atom is 0.243 e. The first-order valence-corrected chi connectivity index (χ1v) is 13.4. The van der Waals surface area contributed by atoms with Gasteiger partial charge >= 0.3 is 0 Å². The summed E-state index contributed by atoms with van der Waals surface area (Å²) >= 11 is 0. The van der Waals surface area contributed by atoms with Gasteiger partial charge in [-0.1, -0.05) is 12.1 Å². The Labute approximate surface area is 205 Å².